The summed E-state index contributed by atoms with van der Waals surface area (Å²) in [5, 5.41) is 11.2. The smallest absolute Gasteiger partial charge is 0.350 e. The van der Waals surface area contributed by atoms with Gasteiger partial charge in [0.1, 0.15) is 18.0 Å². The van der Waals surface area contributed by atoms with Gasteiger partial charge >= 0.3 is 11.9 Å². The fraction of sp³-hybridized carbons (Fsp3) is 0.700. The number of allylic oxidation sites excluding steroid dienone is 2. The predicted molar refractivity (Wildman–Crippen MR) is 208 cm³/mol. The average Bonchev–Trinajstić information content (AvgIpc) is 2.99. The normalized spacial score (nSPS) is 27.3. The molecule has 2 aliphatic carbocycles. The molecular weight excluding hydrogens is 695 g/mol. The second-order valence-electron chi connectivity index (χ2n) is 18.7. The van der Waals surface area contributed by atoms with Gasteiger partial charge in [-0.1, -0.05) is 66.7 Å². The summed E-state index contributed by atoms with van der Waals surface area (Å²) in [6, 6.07) is 5.68. The average molecular weight is 758 g/mol. The summed E-state index contributed by atoms with van der Waals surface area (Å²) < 4.78 is 32.0. The van der Waals surface area contributed by atoms with E-state index < -0.39 is 39.2 Å². The molecule has 12 heteroatoms. The highest BCUT2D eigenvalue weighted by Crippen LogP contribution is 2.47. The number of carbonyl (C=O) groups is 2. The van der Waals surface area contributed by atoms with E-state index >= 15 is 0 Å². The standard InChI is InChI=1S/C40H63NO9Si2/c1-26-14-15-27-22-31(49-51(10,11)38(2,3)4)24-34(47-37(43)40(8,9)48-29-18-16-28(17-19-29)41(44)45)36(27)33(26)21-20-30-23-32(25-35(42)46-30)50-52(12,13)39(5,6)7/h14-19,22,26,30-34,36H,20-21,23-25H2,1-13H3/t26-,30+,31+,32+,33-,34-,36-/m0/s1. The number of nitro groups is 1. The molecule has 1 fully saturated rings. The minimum Gasteiger partial charge on any atom is -0.476 e. The van der Waals surface area contributed by atoms with E-state index in [1.165, 1.54) is 24.3 Å². The van der Waals surface area contributed by atoms with Gasteiger partial charge in [-0.05, 0) is 92.5 Å². The largest absolute Gasteiger partial charge is 0.476 e. The SMILES string of the molecule is C[C@H]1C=CC2=C[C@@H](O[Si](C)(C)C(C)(C)C)C[C@H](OC(=O)C(C)(C)Oc3ccc([N+](=O)[O-])cc3)[C@@H]2[C@H]1CC[C@@H]1C[C@@H](O[Si](C)(C)C(C)(C)C)CC(=O)O1. The number of carbonyl (C=O) groups excluding carboxylic acids is 2. The number of non-ortho nitro benzene ring substituents is 1. The van der Waals surface area contributed by atoms with E-state index in [1.54, 1.807) is 13.8 Å². The van der Waals surface area contributed by atoms with Crippen molar-refractivity contribution in [3.63, 3.8) is 0 Å². The van der Waals surface area contributed by atoms with Gasteiger partial charge in [-0.3, -0.25) is 14.9 Å². The maximum atomic E-state index is 14.0. The van der Waals surface area contributed by atoms with Gasteiger partial charge in [-0.2, -0.15) is 0 Å². The number of hydrogen-bond donors (Lipinski definition) is 0. The van der Waals surface area contributed by atoms with Crippen molar-refractivity contribution in [2.45, 2.75) is 161 Å². The van der Waals surface area contributed by atoms with Crippen LogP contribution in [-0.2, 0) is 27.9 Å². The highest BCUT2D eigenvalue weighted by Gasteiger charge is 2.48. The molecule has 1 saturated heterocycles. The highest BCUT2D eigenvalue weighted by atomic mass is 28.4. The number of esters is 2. The first-order valence-corrected chi connectivity index (χ1v) is 24.7. The Kier molecular flexibility index (Phi) is 12.5. The first-order chi connectivity index (χ1) is 23.8. The molecule has 290 valence electrons. The van der Waals surface area contributed by atoms with Crippen LogP contribution >= 0.6 is 0 Å². The molecule has 7 atom stereocenters. The van der Waals surface area contributed by atoms with Crippen molar-refractivity contribution in [2.24, 2.45) is 17.8 Å². The number of benzene rings is 1. The summed E-state index contributed by atoms with van der Waals surface area (Å²) in [5.41, 5.74) is -0.326. The number of ether oxygens (including phenoxy) is 3. The first kappa shape index (κ1) is 41.9. The number of nitrogens with zero attached hydrogens (tertiary/aromatic N) is 1. The molecule has 0 spiro atoms. The van der Waals surface area contributed by atoms with Gasteiger partial charge in [0.05, 0.1) is 23.6 Å². The van der Waals surface area contributed by atoms with Crippen molar-refractivity contribution in [3.8, 4) is 5.75 Å². The summed E-state index contributed by atoms with van der Waals surface area (Å²) >= 11 is 0. The molecule has 0 saturated carbocycles. The van der Waals surface area contributed by atoms with Gasteiger partial charge in [0, 0.05) is 30.9 Å². The summed E-state index contributed by atoms with van der Waals surface area (Å²) in [7, 11) is -4.24. The third-order valence-electron chi connectivity index (χ3n) is 12.1. The summed E-state index contributed by atoms with van der Waals surface area (Å²) in [4.78, 5) is 37.5. The quantitative estimate of drug-likeness (QED) is 0.0887. The molecule has 0 aromatic heterocycles. The number of nitro benzene ring substituents is 1. The van der Waals surface area contributed by atoms with Gasteiger partial charge in [0.25, 0.3) is 5.69 Å². The zero-order valence-electron chi connectivity index (χ0n) is 33.7. The van der Waals surface area contributed by atoms with E-state index in [0.29, 0.717) is 25.0 Å². The fourth-order valence-corrected chi connectivity index (χ4v) is 9.58. The van der Waals surface area contributed by atoms with Crippen molar-refractivity contribution in [3.05, 3.63) is 58.2 Å². The molecule has 0 N–H and O–H groups in total. The third kappa shape index (κ3) is 10.0. The maximum absolute atomic E-state index is 14.0. The van der Waals surface area contributed by atoms with Crippen LogP contribution in [0.4, 0.5) is 5.69 Å². The molecule has 4 rings (SSSR count). The van der Waals surface area contributed by atoms with E-state index in [1.807, 2.05) is 0 Å². The summed E-state index contributed by atoms with van der Waals surface area (Å²) in [6.45, 7) is 27.7. The Labute approximate surface area is 313 Å². The zero-order chi connectivity index (χ0) is 39.0. The van der Waals surface area contributed by atoms with E-state index in [2.05, 4.69) is 92.9 Å². The Morgan fingerprint density at radius 3 is 2.10 bits per heavy atom. The van der Waals surface area contributed by atoms with Gasteiger partial charge in [0.2, 0.25) is 0 Å². The molecule has 52 heavy (non-hydrogen) atoms. The molecule has 1 aromatic carbocycles. The van der Waals surface area contributed by atoms with Gasteiger partial charge in [0.15, 0.2) is 22.2 Å². The van der Waals surface area contributed by atoms with Crippen LogP contribution in [0.25, 0.3) is 0 Å². The van der Waals surface area contributed by atoms with Crippen LogP contribution in [0, 0.1) is 27.9 Å². The monoisotopic (exact) mass is 757 g/mol. The van der Waals surface area contributed by atoms with Crippen molar-refractivity contribution >= 4 is 34.3 Å². The molecule has 0 amide bonds. The minimum absolute atomic E-state index is 0.00183. The van der Waals surface area contributed by atoms with Crippen LogP contribution in [0.5, 0.6) is 5.75 Å². The van der Waals surface area contributed by atoms with E-state index in [9.17, 15) is 19.7 Å². The van der Waals surface area contributed by atoms with Gasteiger partial charge < -0.3 is 23.1 Å². The molecule has 10 nitrogen and oxygen atoms in total. The molecule has 0 radical (unpaired) electrons. The Balaban J connectivity index is 1.57. The van der Waals surface area contributed by atoms with Crippen LogP contribution in [0.1, 0.15) is 94.4 Å². The molecular formula is C40H63NO9Si2. The predicted octanol–water partition coefficient (Wildman–Crippen LogP) is 9.70. The van der Waals surface area contributed by atoms with Crippen molar-refractivity contribution < 1.29 is 37.6 Å². The molecule has 1 aliphatic heterocycles. The Morgan fingerprint density at radius 1 is 0.923 bits per heavy atom. The molecule has 0 bridgehead atoms. The fourth-order valence-electron chi connectivity index (χ4n) is 6.94. The van der Waals surface area contributed by atoms with Gasteiger partial charge in [-0.25, -0.2) is 4.79 Å². The minimum atomic E-state index is -2.17. The highest BCUT2D eigenvalue weighted by molar-refractivity contribution is 6.74. The van der Waals surface area contributed by atoms with Crippen molar-refractivity contribution in [1.82, 2.24) is 0 Å². The Bertz CT molecular complexity index is 1520. The summed E-state index contributed by atoms with van der Waals surface area (Å²) in [6.07, 6.45) is 8.47. The Morgan fingerprint density at radius 2 is 1.52 bits per heavy atom. The van der Waals surface area contributed by atoms with Crippen molar-refractivity contribution in [1.29, 1.82) is 0 Å². The maximum Gasteiger partial charge on any atom is 0.350 e. The van der Waals surface area contributed by atoms with Crippen LogP contribution in [0.2, 0.25) is 36.3 Å². The lowest BCUT2D eigenvalue weighted by atomic mass is 9.66. The number of hydrogen-bond acceptors (Lipinski definition) is 9. The van der Waals surface area contributed by atoms with Crippen molar-refractivity contribution in [2.75, 3.05) is 0 Å². The lowest BCUT2D eigenvalue weighted by molar-refractivity contribution is -0.384. The second kappa shape index (κ2) is 15.5. The number of cyclic esters (lactones) is 1. The van der Waals surface area contributed by atoms with Crippen LogP contribution in [0.3, 0.4) is 0 Å². The molecule has 1 aromatic rings. The number of rotatable bonds is 12. The second-order valence-corrected chi connectivity index (χ2v) is 28.2. The Hall–Kier alpha value is -2.81. The molecule has 0 unspecified atom stereocenters. The zero-order valence-corrected chi connectivity index (χ0v) is 35.7. The molecule has 1 heterocycles. The van der Waals surface area contributed by atoms with Crippen LogP contribution in [0.15, 0.2) is 48.1 Å². The topological polar surface area (TPSA) is 123 Å². The van der Waals surface area contributed by atoms with Crippen LogP contribution in [-0.4, -0.2) is 63.5 Å². The van der Waals surface area contributed by atoms with E-state index in [-0.39, 0.29) is 64.2 Å². The molecule has 3 aliphatic rings. The summed E-state index contributed by atoms with van der Waals surface area (Å²) in [5.74, 6) is -0.151. The van der Waals surface area contributed by atoms with Gasteiger partial charge in [-0.15, -0.1) is 0 Å². The van der Waals surface area contributed by atoms with E-state index in [0.717, 1.165) is 12.0 Å². The van der Waals surface area contributed by atoms with E-state index in [4.69, 9.17) is 23.1 Å². The van der Waals surface area contributed by atoms with Crippen LogP contribution < -0.4 is 4.74 Å². The lowest BCUT2D eigenvalue weighted by Gasteiger charge is -2.46. The lowest BCUT2D eigenvalue weighted by Crippen LogP contribution is -2.50. The number of fused-ring (bicyclic) bond motifs is 1. The first-order valence-electron chi connectivity index (χ1n) is 18.9. The third-order valence-corrected chi connectivity index (χ3v) is 21.1.